The molecular weight excluding hydrogens is 180 g/mol. The van der Waals surface area contributed by atoms with Gasteiger partial charge in [-0.25, -0.2) is 0 Å². The van der Waals surface area contributed by atoms with Gasteiger partial charge in [-0.1, -0.05) is 23.4 Å². The maximum Gasteiger partial charge on any atom is 0.270 e. The van der Waals surface area contributed by atoms with Crippen molar-refractivity contribution in [2.75, 3.05) is 12.4 Å². The van der Waals surface area contributed by atoms with Crippen LogP contribution in [0.15, 0.2) is 29.4 Å². The van der Waals surface area contributed by atoms with Gasteiger partial charge in [0.25, 0.3) is 5.91 Å². The molecule has 1 aromatic rings. The molecule has 0 saturated carbocycles. The van der Waals surface area contributed by atoms with Crippen molar-refractivity contribution in [2.45, 2.75) is 6.92 Å². The molecule has 0 unspecified atom stereocenters. The fraction of sp³-hybridized carbons (Fsp3) is 0.200. The molecule has 4 heteroatoms. The third-order valence-corrected chi connectivity index (χ3v) is 1.68. The highest BCUT2D eigenvalue weighted by Gasteiger charge is 2.00. The largest absolute Gasteiger partial charge is 0.399 e. The average Bonchev–Trinajstić information content (AvgIpc) is 2.18. The number of carbonyl (C=O) groups is 1. The van der Waals surface area contributed by atoms with E-state index in [1.165, 1.54) is 7.11 Å². The highest BCUT2D eigenvalue weighted by atomic mass is 16.6. The van der Waals surface area contributed by atoms with Crippen molar-refractivity contribution in [2.24, 2.45) is 5.16 Å². The number of nitrogens with zero attached hydrogens (tertiary/aromatic N) is 1. The lowest BCUT2D eigenvalue weighted by molar-refractivity contribution is -0.110. The first-order chi connectivity index (χ1) is 6.74. The Bertz CT molecular complexity index is 348. The third kappa shape index (κ3) is 2.90. The molecule has 0 aliphatic rings. The van der Waals surface area contributed by atoms with E-state index in [9.17, 15) is 4.79 Å². The summed E-state index contributed by atoms with van der Waals surface area (Å²) in [6.45, 7) is 1.92. The molecule has 0 radical (unpaired) electrons. The van der Waals surface area contributed by atoms with E-state index in [2.05, 4.69) is 15.3 Å². The van der Waals surface area contributed by atoms with Crippen LogP contribution in [0.4, 0.5) is 5.69 Å². The lowest BCUT2D eigenvalue weighted by Gasteiger charge is -2.04. The van der Waals surface area contributed by atoms with E-state index in [1.54, 1.807) is 0 Å². The molecule has 1 N–H and O–H groups in total. The fourth-order valence-electron chi connectivity index (χ4n) is 0.979. The molecule has 0 bridgehead atoms. The van der Waals surface area contributed by atoms with Crippen LogP contribution < -0.4 is 5.32 Å². The predicted octanol–water partition coefficient (Wildman–Crippen LogP) is 1.57. The molecule has 0 heterocycles. The lowest BCUT2D eigenvalue weighted by Crippen LogP contribution is -2.13. The number of anilines is 1. The number of para-hydroxylation sites is 1. The van der Waals surface area contributed by atoms with E-state index in [1.807, 2.05) is 31.2 Å². The van der Waals surface area contributed by atoms with Crippen LogP contribution in [0.3, 0.4) is 0 Å². The summed E-state index contributed by atoms with van der Waals surface area (Å²) in [6.07, 6.45) is 1.09. The van der Waals surface area contributed by atoms with Crippen molar-refractivity contribution in [1.82, 2.24) is 0 Å². The lowest BCUT2D eigenvalue weighted by atomic mass is 10.2. The Kier molecular flexibility index (Phi) is 3.67. The maximum atomic E-state index is 11.2. The SMILES string of the molecule is CO/N=C/C(=O)Nc1ccccc1C. The molecule has 1 amide bonds. The topological polar surface area (TPSA) is 50.7 Å². The van der Waals surface area contributed by atoms with E-state index < -0.39 is 0 Å². The summed E-state index contributed by atoms with van der Waals surface area (Å²) < 4.78 is 0. The van der Waals surface area contributed by atoms with Gasteiger partial charge in [0, 0.05) is 5.69 Å². The molecule has 4 nitrogen and oxygen atoms in total. The number of oxime groups is 1. The third-order valence-electron chi connectivity index (χ3n) is 1.68. The molecule has 74 valence electrons. The van der Waals surface area contributed by atoms with Gasteiger partial charge >= 0.3 is 0 Å². The molecule has 14 heavy (non-hydrogen) atoms. The Morgan fingerprint density at radius 2 is 2.21 bits per heavy atom. The van der Waals surface area contributed by atoms with Gasteiger partial charge in [-0.2, -0.15) is 0 Å². The first-order valence-corrected chi connectivity index (χ1v) is 4.17. The minimum atomic E-state index is -0.304. The van der Waals surface area contributed by atoms with Crippen LogP contribution in [0.2, 0.25) is 0 Å². The highest BCUT2D eigenvalue weighted by Crippen LogP contribution is 2.12. The summed E-state index contributed by atoms with van der Waals surface area (Å²) >= 11 is 0. The summed E-state index contributed by atoms with van der Waals surface area (Å²) in [5.74, 6) is -0.304. The monoisotopic (exact) mass is 192 g/mol. The molecule has 1 rings (SSSR count). The van der Waals surface area contributed by atoms with E-state index >= 15 is 0 Å². The number of amides is 1. The van der Waals surface area contributed by atoms with Gasteiger partial charge in [0.2, 0.25) is 0 Å². The van der Waals surface area contributed by atoms with Crippen molar-refractivity contribution in [1.29, 1.82) is 0 Å². The predicted molar refractivity (Wildman–Crippen MR) is 55.3 cm³/mol. The zero-order valence-electron chi connectivity index (χ0n) is 8.15. The van der Waals surface area contributed by atoms with Crippen molar-refractivity contribution >= 4 is 17.8 Å². The van der Waals surface area contributed by atoms with E-state index in [-0.39, 0.29) is 5.91 Å². The molecule has 0 aliphatic heterocycles. The smallest absolute Gasteiger partial charge is 0.270 e. The Morgan fingerprint density at radius 3 is 2.86 bits per heavy atom. The maximum absolute atomic E-state index is 11.2. The normalized spacial score (nSPS) is 10.1. The zero-order chi connectivity index (χ0) is 10.4. The average molecular weight is 192 g/mol. The molecule has 0 atom stereocenters. The Morgan fingerprint density at radius 1 is 1.50 bits per heavy atom. The van der Waals surface area contributed by atoms with E-state index in [0.29, 0.717) is 0 Å². The quantitative estimate of drug-likeness (QED) is 0.583. The number of hydrogen-bond acceptors (Lipinski definition) is 3. The van der Waals surface area contributed by atoms with Gasteiger partial charge in [-0.05, 0) is 18.6 Å². The van der Waals surface area contributed by atoms with Crippen LogP contribution in [0.25, 0.3) is 0 Å². The number of rotatable bonds is 3. The molecule has 0 aromatic heterocycles. The van der Waals surface area contributed by atoms with E-state index in [0.717, 1.165) is 17.5 Å². The van der Waals surface area contributed by atoms with Crippen molar-refractivity contribution in [3.8, 4) is 0 Å². The minimum Gasteiger partial charge on any atom is -0.399 e. The zero-order valence-corrected chi connectivity index (χ0v) is 8.15. The number of carbonyl (C=O) groups excluding carboxylic acids is 1. The summed E-state index contributed by atoms with van der Waals surface area (Å²) in [7, 11) is 1.39. The van der Waals surface area contributed by atoms with Crippen LogP contribution >= 0.6 is 0 Å². The summed E-state index contributed by atoms with van der Waals surface area (Å²) in [5.41, 5.74) is 1.78. The number of benzene rings is 1. The van der Waals surface area contributed by atoms with Crippen molar-refractivity contribution in [3.05, 3.63) is 29.8 Å². The first kappa shape index (κ1) is 10.2. The standard InChI is InChI=1S/C10H12N2O2/c1-8-5-3-4-6-9(8)12-10(13)7-11-14-2/h3-7H,1-2H3,(H,12,13)/b11-7+. The minimum absolute atomic E-state index is 0.304. The number of nitrogens with one attached hydrogen (secondary N) is 1. The Labute approximate surface area is 82.6 Å². The fourth-order valence-corrected chi connectivity index (χ4v) is 0.979. The number of hydrogen-bond donors (Lipinski definition) is 1. The van der Waals surface area contributed by atoms with Gasteiger partial charge in [0.05, 0.1) is 0 Å². The van der Waals surface area contributed by atoms with Crippen molar-refractivity contribution in [3.63, 3.8) is 0 Å². The summed E-state index contributed by atoms with van der Waals surface area (Å²) in [4.78, 5) is 15.6. The number of aryl methyl sites for hydroxylation is 1. The highest BCUT2D eigenvalue weighted by molar-refractivity contribution is 6.31. The second kappa shape index (κ2) is 5.01. The van der Waals surface area contributed by atoms with Crippen LogP contribution in [0.1, 0.15) is 5.56 Å². The molecule has 0 aliphatic carbocycles. The first-order valence-electron chi connectivity index (χ1n) is 4.17. The van der Waals surface area contributed by atoms with Crippen molar-refractivity contribution < 1.29 is 9.63 Å². The van der Waals surface area contributed by atoms with Crippen LogP contribution in [-0.4, -0.2) is 19.2 Å². The molecule has 0 saturated heterocycles. The second-order valence-electron chi connectivity index (χ2n) is 2.72. The van der Waals surface area contributed by atoms with Gasteiger partial charge in [-0.3, -0.25) is 4.79 Å². The summed E-state index contributed by atoms with van der Waals surface area (Å²) in [6, 6.07) is 7.52. The van der Waals surface area contributed by atoms with Crippen LogP contribution in [-0.2, 0) is 9.63 Å². The second-order valence-corrected chi connectivity index (χ2v) is 2.72. The Hall–Kier alpha value is -1.84. The summed E-state index contributed by atoms with van der Waals surface area (Å²) in [5, 5.41) is 6.04. The molecule has 1 aromatic carbocycles. The van der Waals surface area contributed by atoms with Gasteiger partial charge in [0.1, 0.15) is 13.3 Å². The Balaban J connectivity index is 2.65. The van der Waals surface area contributed by atoms with Crippen LogP contribution in [0, 0.1) is 6.92 Å². The molecule has 0 fully saturated rings. The van der Waals surface area contributed by atoms with Gasteiger partial charge < -0.3 is 10.2 Å². The molecule has 0 spiro atoms. The van der Waals surface area contributed by atoms with E-state index in [4.69, 9.17) is 0 Å². The van der Waals surface area contributed by atoms with Gasteiger partial charge in [-0.15, -0.1) is 0 Å². The van der Waals surface area contributed by atoms with Crippen LogP contribution in [0.5, 0.6) is 0 Å². The van der Waals surface area contributed by atoms with Gasteiger partial charge in [0.15, 0.2) is 0 Å². The molecular formula is C10H12N2O2.